The Balaban J connectivity index is 0. The first-order valence-electron chi connectivity index (χ1n) is 4.09. The zero-order valence-electron chi connectivity index (χ0n) is 8.56. The van der Waals surface area contributed by atoms with Crippen molar-refractivity contribution in [2.75, 3.05) is 0 Å². The minimum atomic E-state index is -0.757. The van der Waals surface area contributed by atoms with Crippen molar-refractivity contribution in [3.8, 4) is 0 Å². The SMILES string of the molecule is CC(C)(C)C(=O)O.[Pd].[c-]1ccccc1. The zero-order valence-corrected chi connectivity index (χ0v) is 10.1. The van der Waals surface area contributed by atoms with Gasteiger partial charge in [-0.15, -0.1) is 0 Å². The summed E-state index contributed by atoms with van der Waals surface area (Å²) < 4.78 is 0. The van der Waals surface area contributed by atoms with Gasteiger partial charge in [0.05, 0.1) is 5.41 Å². The van der Waals surface area contributed by atoms with Crippen LogP contribution in [0.4, 0.5) is 0 Å². The normalized spacial score (nSPS) is 9.07. The second-order valence-corrected chi connectivity index (χ2v) is 3.63. The van der Waals surface area contributed by atoms with Gasteiger partial charge >= 0.3 is 5.97 Å². The number of benzene rings is 1. The standard InChI is InChI=1S/C6H5.C5H10O2.Pd/c1-2-4-6-5-3-1;1-5(2,3)4(6)7;/h1-5H;1-3H3,(H,6,7);/q-1;;. The third kappa shape index (κ3) is 9.44. The summed E-state index contributed by atoms with van der Waals surface area (Å²) in [6.07, 6.45) is 0. The Kier molecular flexibility index (Phi) is 8.73. The molecule has 0 aromatic heterocycles. The van der Waals surface area contributed by atoms with Crippen molar-refractivity contribution in [3.05, 3.63) is 36.4 Å². The molecule has 0 saturated heterocycles. The first-order valence-corrected chi connectivity index (χ1v) is 4.09. The monoisotopic (exact) mass is 285 g/mol. The van der Waals surface area contributed by atoms with Gasteiger partial charge in [0.2, 0.25) is 0 Å². The van der Waals surface area contributed by atoms with Crippen molar-refractivity contribution < 1.29 is 30.3 Å². The maximum absolute atomic E-state index is 10.0. The Bertz CT molecular complexity index is 213. The molecule has 0 bridgehead atoms. The Morgan fingerprint density at radius 1 is 1.14 bits per heavy atom. The quantitative estimate of drug-likeness (QED) is 0.588. The molecule has 1 N–H and O–H groups in total. The van der Waals surface area contributed by atoms with Crippen molar-refractivity contribution >= 4 is 5.97 Å². The minimum absolute atomic E-state index is 0. The van der Waals surface area contributed by atoms with Crippen LogP contribution in [0.2, 0.25) is 0 Å². The summed E-state index contributed by atoms with van der Waals surface area (Å²) in [5.41, 5.74) is -0.583. The summed E-state index contributed by atoms with van der Waals surface area (Å²) in [7, 11) is 0. The Morgan fingerprint density at radius 2 is 1.50 bits per heavy atom. The van der Waals surface area contributed by atoms with E-state index in [-0.39, 0.29) is 20.4 Å². The number of aliphatic carboxylic acids is 1. The van der Waals surface area contributed by atoms with Crippen LogP contribution in [0, 0.1) is 11.5 Å². The molecule has 1 aromatic rings. The average Bonchev–Trinajstić information content (AvgIpc) is 2.07. The molecule has 0 amide bonds. The maximum atomic E-state index is 10.0. The fourth-order valence-electron chi connectivity index (χ4n) is 0.342. The molecule has 14 heavy (non-hydrogen) atoms. The topological polar surface area (TPSA) is 37.3 Å². The summed E-state index contributed by atoms with van der Waals surface area (Å²) in [5.74, 6) is -0.757. The van der Waals surface area contributed by atoms with Gasteiger partial charge in [-0.1, -0.05) is 0 Å². The Labute approximate surface area is 99.0 Å². The zero-order chi connectivity index (χ0) is 10.3. The van der Waals surface area contributed by atoms with Crippen LogP contribution in [0.1, 0.15) is 20.8 Å². The largest absolute Gasteiger partial charge is 0.481 e. The van der Waals surface area contributed by atoms with Gasteiger partial charge in [0.15, 0.2) is 0 Å². The van der Waals surface area contributed by atoms with Gasteiger partial charge in [-0.05, 0) is 20.8 Å². The molecule has 0 heterocycles. The fraction of sp³-hybridized carbons (Fsp3) is 0.364. The molecular weight excluding hydrogens is 271 g/mol. The third-order valence-corrected chi connectivity index (χ3v) is 1.25. The van der Waals surface area contributed by atoms with E-state index in [4.69, 9.17) is 5.11 Å². The van der Waals surface area contributed by atoms with E-state index >= 15 is 0 Å². The molecule has 82 valence electrons. The van der Waals surface area contributed by atoms with Crippen molar-refractivity contribution in [1.29, 1.82) is 0 Å². The second-order valence-electron chi connectivity index (χ2n) is 3.63. The molecule has 1 rings (SSSR count). The van der Waals surface area contributed by atoms with E-state index in [1.807, 2.05) is 30.3 Å². The van der Waals surface area contributed by atoms with Crippen LogP contribution in [0.25, 0.3) is 0 Å². The molecule has 0 fully saturated rings. The van der Waals surface area contributed by atoms with Crippen LogP contribution in [-0.2, 0) is 25.2 Å². The van der Waals surface area contributed by atoms with Gasteiger partial charge in [-0.25, -0.2) is 0 Å². The summed E-state index contributed by atoms with van der Waals surface area (Å²) in [6.45, 7) is 4.99. The first-order chi connectivity index (χ1) is 5.94. The minimum Gasteiger partial charge on any atom is -0.481 e. The summed E-state index contributed by atoms with van der Waals surface area (Å²) in [5, 5.41) is 8.25. The molecule has 0 radical (unpaired) electrons. The molecule has 0 unspecified atom stereocenters. The maximum Gasteiger partial charge on any atom is 0.308 e. The van der Waals surface area contributed by atoms with Crippen LogP contribution in [0.5, 0.6) is 0 Å². The van der Waals surface area contributed by atoms with Crippen LogP contribution in [0.15, 0.2) is 30.3 Å². The molecule has 0 aliphatic rings. The molecule has 0 aliphatic heterocycles. The van der Waals surface area contributed by atoms with Gasteiger partial charge in [0, 0.05) is 20.4 Å². The predicted molar refractivity (Wildman–Crippen MR) is 52.4 cm³/mol. The van der Waals surface area contributed by atoms with E-state index in [0.29, 0.717) is 0 Å². The number of hydrogen-bond acceptors (Lipinski definition) is 1. The van der Waals surface area contributed by atoms with Crippen LogP contribution >= 0.6 is 0 Å². The van der Waals surface area contributed by atoms with Gasteiger partial charge in [0.1, 0.15) is 0 Å². The molecule has 0 spiro atoms. The Morgan fingerprint density at radius 3 is 1.57 bits per heavy atom. The van der Waals surface area contributed by atoms with E-state index in [0.717, 1.165) is 0 Å². The summed E-state index contributed by atoms with van der Waals surface area (Å²) in [4.78, 5) is 10.0. The van der Waals surface area contributed by atoms with E-state index in [1.54, 1.807) is 20.8 Å². The van der Waals surface area contributed by atoms with Gasteiger partial charge in [-0.2, -0.15) is 36.4 Å². The summed E-state index contributed by atoms with van der Waals surface area (Å²) in [6, 6.07) is 12.5. The summed E-state index contributed by atoms with van der Waals surface area (Å²) >= 11 is 0. The fourth-order valence-corrected chi connectivity index (χ4v) is 0.342. The van der Waals surface area contributed by atoms with E-state index < -0.39 is 11.4 Å². The van der Waals surface area contributed by atoms with Gasteiger partial charge in [0.25, 0.3) is 0 Å². The average molecular weight is 286 g/mol. The molecular formula is C11H15O2Pd-. The van der Waals surface area contributed by atoms with Crippen LogP contribution in [0.3, 0.4) is 0 Å². The van der Waals surface area contributed by atoms with Crippen molar-refractivity contribution in [2.45, 2.75) is 20.8 Å². The van der Waals surface area contributed by atoms with Gasteiger partial charge in [-0.3, -0.25) is 4.79 Å². The van der Waals surface area contributed by atoms with Crippen LogP contribution < -0.4 is 0 Å². The predicted octanol–water partition coefficient (Wildman–Crippen LogP) is 2.60. The van der Waals surface area contributed by atoms with Crippen molar-refractivity contribution in [2.24, 2.45) is 5.41 Å². The van der Waals surface area contributed by atoms with E-state index in [2.05, 4.69) is 6.07 Å². The first kappa shape index (κ1) is 15.8. The van der Waals surface area contributed by atoms with Gasteiger partial charge < -0.3 is 5.11 Å². The molecule has 3 heteroatoms. The number of rotatable bonds is 0. The smallest absolute Gasteiger partial charge is 0.308 e. The second kappa shape index (κ2) is 7.73. The number of carboxylic acids is 1. The van der Waals surface area contributed by atoms with Crippen molar-refractivity contribution in [3.63, 3.8) is 0 Å². The molecule has 1 aromatic carbocycles. The number of carboxylic acid groups (broad SMARTS) is 1. The molecule has 2 nitrogen and oxygen atoms in total. The Hall–Kier alpha value is -0.648. The van der Waals surface area contributed by atoms with Crippen molar-refractivity contribution in [1.82, 2.24) is 0 Å². The molecule has 0 atom stereocenters. The number of hydrogen-bond donors (Lipinski definition) is 1. The van der Waals surface area contributed by atoms with E-state index in [1.165, 1.54) is 0 Å². The van der Waals surface area contributed by atoms with E-state index in [9.17, 15) is 4.79 Å². The van der Waals surface area contributed by atoms with Crippen LogP contribution in [-0.4, -0.2) is 11.1 Å². The third-order valence-electron chi connectivity index (χ3n) is 1.25. The number of carbonyl (C=O) groups is 1. The molecule has 0 aliphatic carbocycles. The molecule has 0 saturated carbocycles.